The lowest BCUT2D eigenvalue weighted by Crippen LogP contribution is -2.01. The Bertz CT molecular complexity index is 688. The predicted octanol–water partition coefficient (Wildman–Crippen LogP) is 2.47. The van der Waals surface area contributed by atoms with Crippen molar-refractivity contribution in [3.05, 3.63) is 30.3 Å². The summed E-state index contributed by atoms with van der Waals surface area (Å²) in [6, 6.07) is 0. The van der Waals surface area contributed by atoms with Crippen molar-refractivity contribution in [2.24, 2.45) is 0 Å². The number of halogens is 1. The van der Waals surface area contributed by atoms with Gasteiger partial charge in [-0.25, -0.2) is 9.97 Å². The first-order valence-corrected chi connectivity index (χ1v) is 6.54. The molecule has 0 unspecified atom stereocenters. The molecule has 0 radical (unpaired) electrons. The molecule has 6 nitrogen and oxygen atoms in total. The van der Waals surface area contributed by atoms with Gasteiger partial charge in [0.25, 0.3) is 0 Å². The van der Waals surface area contributed by atoms with Crippen LogP contribution < -0.4 is 0 Å². The van der Waals surface area contributed by atoms with Crippen LogP contribution in [0, 0.1) is 0 Å². The van der Waals surface area contributed by atoms with Gasteiger partial charge in [0, 0.05) is 18.9 Å². The molecule has 3 rings (SSSR count). The number of nitrogens with zero attached hydrogens (tertiary/aromatic N) is 6. The minimum absolute atomic E-state index is 0.217. The van der Waals surface area contributed by atoms with Gasteiger partial charge in [-0.1, -0.05) is 13.3 Å². The highest BCUT2D eigenvalue weighted by molar-refractivity contribution is 6.28. The van der Waals surface area contributed by atoms with Crippen LogP contribution in [0.5, 0.6) is 0 Å². The van der Waals surface area contributed by atoms with Crippen molar-refractivity contribution >= 4 is 22.8 Å². The normalized spacial score (nSPS) is 11.3. The summed E-state index contributed by atoms with van der Waals surface area (Å²) in [7, 11) is 0. The van der Waals surface area contributed by atoms with Gasteiger partial charge in [0.2, 0.25) is 5.28 Å². The standard InChI is InChI=1S/C12H13ClN6/c1-2-3-5-18-8-15-9-10(18)16-12(13)17-11(9)19-6-4-14-7-19/h4,6-8H,2-3,5H2,1H3. The molecule has 0 fully saturated rings. The van der Waals surface area contributed by atoms with Crippen molar-refractivity contribution in [1.82, 2.24) is 29.1 Å². The van der Waals surface area contributed by atoms with E-state index in [1.54, 1.807) is 23.4 Å². The molecular formula is C12H13ClN6. The first kappa shape index (κ1) is 12.1. The van der Waals surface area contributed by atoms with Crippen molar-refractivity contribution in [2.75, 3.05) is 0 Å². The average molecular weight is 277 g/mol. The molecule has 0 amide bonds. The fourth-order valence-electron chi connectivity index (χ4n) is 1.96. The van der Waals surface area contributed by atoms with Crippen molar-refractivity contribution in [1.29, 1.82) is 0 Å². The van der Waals surface area contributed by atoms with Gasteiger partial charge in [-0.2, -0.15) is 9.97 Å². The molecule has 0 saturated carbocycles. The largest absolute Gasteiger partial charge is 0.315 e. The second-order valence-corrected chi connectivity index (χ2v) is 4.59. The van der Waals surface area contributed by atoms with Crippen LogP contribution in [0.25, 0.3) is 17.0 Å². The third kappa shape index (κ3) is 2.19. The molecule has 0 aliphatic rings. The topological polar surface area (TPSA) is 61.4 Å². The van der Waals surface area contributed by atoms with Crippen LogP contribution in [0.15, 0.2) is 25.0 Å². The van der Waals surface area contributed by atoms with Crippen LogP contribution in [0.3, 0.4) is 0 Å². The molecule has 3 aromatic heterocycles. The quantitative estimate of drug-likeness (QED) is 0.687. The highest BCUT2D eigenvalue weighted by atomic mass is 35.5. The number of hydrogen-bond acceptors (Lipinski definition) is 4. The Labute approximate surface area is 115 Å². The lowest BCUT2D eigenvalue weighted by atomic mass is 10.3. The molecule has 0 atom stereocenters. The van der Waals surface area contributed by atoms with E-state index in [0.717, 1.165) is 30.6 Å². The summed E-state index contributed by atoms with van der Waals surface area (Å²) >= 11 is 6.01. The fraction of sp³-hybridized carbons (Fsp3) is 0.333. The third-order valence-corrected chi connectivity index (χ3v) is 3.09. The second-order valence-electron chi connectivity index (χ2n) is 4.25. The molecule has 0 N–H and O–H groups in total. The summed E-state index contributed by atoms with van der Waals surface area (Å²) in [4.78, 5) is 16.9. The highest BCUT2D eigenvalue weighted by Gasteiger charge is 2.13. The van der Waals surface area contributed by atoms with E-state index in [2.05, 4.69) is 26.9 Å². The zero-order valence-corrected chi connectivity index (χ0v) is 11.2. The van der Waals surface area contributed by atoms with Gasteiger partial charge in [0.1, 0.15) is 6.33 Å². The molecule has 0 aliphatic heterocycles. The van der Waals surface area contributed by atoms with Crippen LogP contribution >= 0.6 is 11.6 Å². The Hall–Kier alpha value is -1.95. The number of aromatic nitrogens is 6. The van der Waals surface area contributed by atoms with Crippen LogP contribution in [0.4, 0.5) is 0 Å². The molecule has 19 heavy (non-hydrogen) atoms. The number of aryl methyl sites for hydroxylation is 1. The number of rotatable bonds is 4. The van der Waals surface area contributed by atoms with Crippen molar-refractivity contribution < 1.29 is 0 Å². The molecule has 3 heterocycles. The van der Waals surface area contributed by atoms with E-state index < -0.39 is 0 Å². The molecule has 0 aromatic carbocycles. The Morgan fingerprint density at radius 2 is 2.16 bits per heavy atom. The highest BCUT2D eigenvalue weighted by Crippen LogP contribution is 2.20. The van der Waals surface area contributed by atoms with Gasteiger partial charge in [-0.15, -0.1) is 0 Å². The van der Waals surface area contributed by atoms with E-state index in [1.807, 2.05) is 10.8 Å². The number of unbranched alkanes of at least 4 members (excludes halogenated alkanes) is 1. The van der Waals surface area contributed by atoms with Gasteiger partial charge < -0.3 is 4.57 Å². The van der Waals surface area contributed by atoms with Gasteiger partial charge >= 0.3 is 0 Å². The Morgan fingerprint density at radius 1 is 1.26 bits per heavy atom. The monoisotopic (exact) mass is 276 g/mol. The molecular weight excluding hydrogens is 264 g/mol. The summed E-state index contributed by atoms with van der Waals surface area (Å²) in [5.74, 6) is 0.655. The maximum Gasteiger partial charge on any atom is 0.226 e. The van der Waals surface area contributed by atoms with E-state index in [-0.39, 0.29) is 5.28 Å². The minimum atomic E-state index is 0.217. The van der Waals surface area contributed by atoms with Gasteiger partial charge in [-0.05, 0) is 18.0 Å². The molecule has 0 bridgehead atoms. The van der Waals surface area contributed by atoms with Gasteiger partial charge in [0.15, 0.2) is 17.0 Å². The molecule has 0 aliphatic carbocycles. The van der Waals surface area contributed by atoms with Crippen LogP contribution in [0.2, 0.25) is 5.28 Å². The van der Waals surface area contributed by atoms with E-state index in [0.29, 0.717) is 5.82 Å². The van der Waals surface area contributed by atoms with E-state index >= 15 is 0 Å². The molecule has 3 aromatic rings. The maximum atomic E-state index is 6.01. The first-order chi connectivity index (χ1) is 9.29. The summed E-state index contributed by atoms with van der Waals surface area (Å²) < 4.78 is 3.79. The Morgan fingerprint density at radius 3 is 2.89 bits per heavy atom. The zero-order valence-electron chi connectivity index (χ0n) is 10.5. The predicted molar refractivity (Wildman–Crippen MR) is 72.4 cm³/mol. The van der Waals surface area contributed by atoms with Crippen LogP contribution in [0.1, 0.15) is 19.8 Å². The zero-order chi connectivity index (χ0) is 13.2. The van der Waals surface area contributed by atoms with E-state index in [9.17, 15) is 0 Å². The SMILES string of the molecule is CCCCn1cnc2c(-n3ccnc3)nc(Cl)nc21. The lowest BCUT2D eigenvalue weighted by Gasteiger charge is -2.05. The summed E-state index contributed by atoms with van der Waals surface area (Å²) in [5.41, 5.74) is 1.50. The smallest absolute Gasteiger partial charge is 0.226 e. The third-order valence-electron chi connectivity index (χ3n) is 2.92. The van der Waals surface area contributed by atoms with E-state index in [1.165, 1.54) is 0 Å². The first-order valence-electron chi connectivity index (χ1n) is 6.16. The minimum Gasteiger partial charge on any atom is -0.315 e. The Balaban J connectivity index is 2.16. The van der Waals surface area contributed by atoms with Gasteiger partial charge in [0.05, 0.1) is 6.33 Å². The Kier molecular flexibility index (Phi) is 3.16. The van der Waals surface area contributed by atoms with Crippen molar-refractivity contribution in [3.63, 3.8) is 0 Å². The molecule has 0 spiro atoms. The van der Waals surface area contributed by atoms with Crippen LogP contribution in [-0.2, 0) is 6.54 Å². The summed E-state index contributed by atoms with van der Waals surface area (Å²) in [6.07, 6.45) is 9.15. The summed E-state index contributed by atoms with van der Waals surface area (Å²) in [5, 5.41) is 0.217. The van der Waals surface area contributed by atoms with Crippen LogP contribution in [-0.4, -0.2) is 29.1 Å². The molecule has 7 heteroatoms. The molecule has 0 saturated heterocycles. The number of imidazole rings is 2. The van der Waals surface area contributed by atoms with Crippen molar-refractivity contribution in [2.45, 2.75) is 26.3 Å². The number of hydrogen-bond donors (Lipinski definition) is 0. The maximum absolute atomic E-state index is 6.01. The average Bonchev–Trinajstić information content (AvgIpc) is 3.05. The lowest BCUT2D eigenvalue weighted by molar-refractivity contribution is 0.641. The number of fused-ring (bicyclic) bond motifs is 1. The second kappa shape index (κ2) is 4.97. The van der Waals surface area contributed by atoms with Crippen molar-refractivity contribution in [3.8, 4) is 5.82 Å². The summed E-state index contributed by atoms with van der Waals surface area (Å²) in [6.45, 7) is 3.03. The van der Waals surface area contributed by atoms with Gasteiger partial charge in [-0.3, -0.25) is 4.57 Å². The molecule has 98 valence electrons. The van der Waals surface area contributed by atoms with E-state index in [4.69, 9.17) is 11.6 Å². The fourth-order valence-corrected chi connectivity index (χ4v) is 2.12.